The van der Waals surface area contributed by atoms with Crippen LogP contribution in [0.3, 0.4) is 0 Å². The molecule has 3 rings (SSSR count). The first-order valence-corrected chi connectivity index (χ1v) is 6.87. The zero-order chi connectivity index (χ0) is 12.5. The van der Waals surface area contributed by atoms with Gasteiger partial charge in [-0.1, -0.05) is 0 Å². The summed E-state index contributed by atoms with van der Waals surface area (Å²) in [6.45, 7) is 1.82. The molecule has 1 N–H and O–H groups in total. The lowest BCUT2D eigenvalue weighted by Crippen LogP contribution is -2.23. The summed E-state index contributed by atoms with van der Waals surface area (Å²) in [6.07, 6.45) is 5.89. The smallest absolute Gasteiger partial charge is 0.250 e. The highest BCUT2D eigenvalue weighted by atomic mass is 32.1. The van der Waals surface area contributed by atoms with Gasteiger partial charge in [0.1, 0.15) is 6.04 Å². The number of carbonyl (C=O) groups excluding carboxylic acids is 1. The molecule has 6 heteroatoms. The second-order valence-corrected chi connectivity index (χ2v) is 5.36. The van der Waals surface area contributed by atoms with Crippen LogP contribution in [-0.4, -0.2) is 20.7 Å². The van der Waals surface area contributed by atoms with Gasteiger partial charge < -0.3 is 5.32 Å². The van der Waals surface area contributed by atoms with Crippen LogP contribution in [0.2, 0.25) is 0 Å². The summed E-state index contributed by atoms with van der Waals surface area (Å²) >= 11 is 1.49. The third-order valence-corrected chi connectivity index (χ3v) is 3.82. The zero-order valence-electron chi connectivity index (χ0n) is 10.0. The van der Waals surface area contributed by atoms with Crippen LogP contribution in [0.1, 0.15) is 37.4 Å². The molecule has 0 aliphatic heterocycles. The molecule has 2 aromatic heterocycles. The Morgan fingerprint density at radius 2 is 2.44 bits per heavy atom. The molecule has 1 saturated carbocycles. The molecule has 2 aromatic rings. The molecule has 2 heterocycles. The van der Waals surface area contributed by atoms with Crippen molar-refractivity contribution in [2.45, 2.75) is 31.7 Å². The summed E-state index contributed by atoms with van der Waals surface area (Å²) in [5.41, 5.74) is 1.11. The summed E-state index contributed by atoms with van der Waals surface area (Å²) in [4.78, 5) is 16.4. The molecular weight excluding hydrogens is 248 g/mol. The molecule has 1 aliphatic rings. The lowest BCUT2D eigenvalue weighted by molar-refractivity contribution is -0.119. The lowest BCUT2D eigenvalue weighted by atomic mass is 10.3. The van der Waals surface area contributed by atoms with Crippen LogP contribution in [0.5, 0.6) is 0 Å². The number of aromatic nitrogens is 3. The van der Waals surface area contributed by atoms with Gasteiger partial charge in [0.2, 0.25) is 0 Å². The topological polar surface area (TPSA) is 59.8 Å². The van der Waals surface area contributed by atoms with E-state index >= 15 is 0 Å². The fraction of sp³-hybridized carbons (Fsp3) is 0.417. The van der Waals surface area contributed by atoms with E-state index < -0.39 is 0 Å². The summed E-state index contributed by atoms with van der Waals surface area (Å²) in [6, 6.07) is 1.48. The van der Waals surface area contributed by atoms with Gasteiger partial charge in [0.05, 0.1) is 5.69 Å². The number of thiazole rings is 1. The Labute approximate surface area is 109 Å². The third kappa shape index (κ3) is 2.28. The van der Waals surface area contributed by atoms with Crippen molar-refractivity contribution >= 4 is 22.4 Å². The predicted molar refractivity (Wildman–Crippen MR) is 69.7 cm³/mol. The van der Waals surface area contributed by atoms with Crippen molar-refractivity contribution in [2.75, 3.05) is 5.32 Å². The van der Waals surface area contributed by atoms with Crippen molar-refractivity contribution < 1.29 is 4.79 Å². The molecule has 1 atom stereocenters. The van der Waals surface area contributed by atoms with Gasteiger partial charge in [0, 0.05) is 23.7 Å². The molecule has 0 bridgehead atoms. The number of rotatable bonds is 4. The van der Waals surface area contributed by atoms with E-state index in [9.17, 15) is 4.79 Å². The molecule has 0 spiro atoms. The molecule has 1 aliphatic carbocycles. The molecule has 18 heavy (non-hydrogen) atoms. The number of nitrogens with zero attached hydrogens (tertiary/aromatic N) is 3. The minimum Gasteiger partial charge on any atom is -0.300 e. The maximum Gasteiger partial charge on any atom is 0.250 e. The fourth-order valence-electron chi connectivity index (χ4n) is 1.75. The van der Waals surface area contributed by atoms with Crippen LogP contribution in [-0.2, 0) is 4.79 Å². The first kappa shape index (κ1) is 11.4. The normalized spacial score (nSPS) is 16.5. The monoisotopic (exact) mass is 262 g/mol. The van der Waals surface area contributed by atoms with Gasteiger partial charge in [-0.05, 0) is 25.8 Å². The molecule has 0 saturated heterocycles. The van der Waals surface area contributed by atoms with Crippen molar-refractivity contribution in [3.8, 4) is 0 Å². The molecule has 0 radical (unpaired) electrons. The Kier molecular flexibility index (Phi) is 2.87. The van der Waals surface area contributed by atoms with Gasteiger partial charge >= 0.3 is 0 Å². The van der Waals surface area contributed by atoms with E-state index in [-0.39, 0.29) is 11.9 Å². The van der Waals surface area contributed by atoms with Gasteiger partial charge in [-0.15, -0.1) is 11.3 Å². The molecule has 1 fully saturated rings. The average molecular weight is 262 g/mol. The van der Waals surface area contributed by atoms with Crippen molar-refractivity contribution in [1.29, 1.82) is 0 Å². The molecule has 0 aromatic carbocycles. The van der Waals surface area contributed by atoms with Crippen molar-refractivity contribution in [1.82, 2.24) is 14.8 Å². The van der Waals surface area contributed by atoms with E-state index in [1.54, 1.807) is 23.1 Å². The highest BCUT2D eigenvalue weighted by molar-refractivity contribution is 7.13. The molecule has 5 nitrogen and oxygen atoms in total. The van der Waals surface area contributed by atoms with Crippen LogP contribution in [0.25, 0.3) is 0 Å². The van der Waals surface area contributed by atoms with E-state index in [1.165, 1.54) is 24.2 Å². The van der Waals surface area contributed by atoms with Crippen molar-refractivity contribution in [3.63, 3.8) is 0 Å². The second kappa shape index (κ2) is 4.53. The predicted octanol–water partition coefficient (Wildman–Crippen LogP) is 2.42. The number of hydrogen-bond acceptors (Lipinski definition) is 4. The number of anilines is 1. The highest BCUT2D eigenvalue weighted by Gasteiger charge is 2.26. The maximum absolute atomic E-state index is 12.0. The maximum atomic E-state index is 12.0. The highest BCUT2D eigenvalue weighted by Crippen LogP contribution is 2.40. The fourth-order valence-corrected chi connectivity index (χ4v) is 2.55. The Hall–Kier alpha value is -1.69. The number of amides is 1. The van der Waals surface area contributed by atoms with Crippen LogP contribution < -0.4 is 5.32 Å². The van der Waals surface area contributed by atoms with Gasteiger partial charge in [0.15, 0.2) is 5.13 Å². The third-order valence-electron chi connectivity index (χ3n) is 3.05. The van der Waals surface area contributed by atoms with E-state index in [0.717, 1.165) is 5.69 Å². The van der Waals surface area contributed by atoms with Gasteiger partial charge in [-0.3, -0.25) is 9.48 Å². The Morgan fingerprint density at radius 3 is 3.11 bits per heavy atom. The average Bonchev–Trinajstić information content (AvgIpc) is 2.91. The second-order valence-electron chi connectivity index (χ2n) is 4.50. The van der Waals surface area contributed by atoms with E-state index in [0.29, 0.717) is 11.0 Å². The van der Waals surface area contributed by atoms with E-state index in [2.05, 4.69) is 15.4 Å². The summed E-state index contributed by atoms with van der Waals surface area (Å²) in [5.74, 6) is 0.533. The van der Waals surface area contributed by atoms with Crippen molar-refractivity contribution in [3.05, 3.63) is 29.5 Å². The minimum atomic E-state index is -0.326. The Morgan fingerprint density at radius 1 is 1.61 bits per heavy atom. The van der Waals surface area contributed by atoms with Crippen molar-refractivity contribution in [2.24, 2.45) is 0 Å². The van der Waals surface area contributed by atoms with Crippen LogP contribution in [0.4, 0.5) is 5.13 Å². The van der Waals surface area contributed by atoms with Crippen LogP contribution >= 0.6 is 11.3 Å². The van der Waals surface area contributed by atoms with Crippen LogP contribution in [0, 0.1) is 0 Å². The molecule has 94 valence electrons. The van der Waals surface area contributed by atoms with Gasteiger partial charge in [0.25, 0.3) is 5.91 Å². The van der Waals surface area contributed by atoms with Gasteiger partial charge in [-0.2, -0.15) is 5.10 Å². The molecule has 0 unspecified atom stereocenters. The summed E-state index contributed by atoms with van der Waals surface area (Å²) < 4.78 is 1.63. The number of nitrogens with one attached hydrogen (secondary N) is 1. The minimum absolute atomic E-state index is 0.0876. The first-order valence-electron chi connectivity index (χ1n) is 5.99. The number of hydrogen-bond donors (Lipinski definition) is 1. The Balaban J connectivity index is 1.66. The number of carbonyl (C=O) groups is 1. The summed E-state index contributed by atoms with van der Waals surface area (Å²) in [5, 5.41) is 9.62. The van der Waals surface area contributed by atoms with Crippen LogP contribution in [0.15, 0.2) is 23.8 Å². The quantitative estimate of drug-likeness (QED) is 0.920. The molecule has 1 amide bonds. The summed E-state index contributed by atoms with van der Waals surface area (Å²) in [7, 11) is 0. The lowest BCUT2D eigenvalue weighted by Gasteiger charge is -2.10. The largest absolute Gasteiger partial charge is 0.300 e. The van der Waals surface area contributed by atoms with Gasteiger partial charge in [-0.25, -0.2) is 4.98 Å². The Bertz CT molecular complexity index is 544. The standard InChI is InChI=1S/C12H14N4OS/c1-8(16-6-2-5-13-16)11(17)15-12-14-10(7-18-12)9-3-4-9/h2,5-9H,3-4H2,1H3,(H,14,15,17)/t8-/m0/s1. The van der Waals surface area contributed by atoms with E-state index in [4.69, 9.17) is 0 Å². The SMILES string of the molecule is C[C@@H](C(=O)Nc1nc(C2CC2)cs1)n1cccn1. The zero-order valence-corrected chi connectivity index (χ0v) is 10.9. The molecular formula is C12H14N4OS. The first-order chi connectivity index (χ1) is 8.74. The van der Waals surface area contributed by atoms with E-state index in [1.807, 2.05) is 12.3 Å².